The van der Waals surface area contributed by atoms with E-state index < -0.39 is 0 Å². The van der Waals surface area contributed by atoms with E-state index in [4.69, 9.17) is 15.2 Å². The van der Waals surface area contributed by atoms with Gasteiger partial charge in [0.05, 0.1) is 11.6 Å². The number of aryl methyl sites for hydroxylation is 1. The summed E-state index contributed by atoms with van der Waals surface area (Å²) in [6.07, 6.45) is 7.17. The Morgan fingerprint density at radius 1 is 1.16 bits per heavy atom. The SMILES string of the molecule is CCCc1cc(N2CCC[C@@H](NCC3CC3)C2)nc(Nc2cccc(C#N)c2)n1.Cl.Cl. The van der Waals surface area contributed by atoms with E-state index in [-0.39, 0.29) is 24.8 Å². The molecule has 2 fully saturated rings. The highest BCUT2D eigenvalue weighted by molar-refractivity contribution is 5.85. The fourth-order valence-electron chi connectivity index (χ4n) is 3.89. The number of nitrogens with one attached hydrogen (secondary N) is 2. The van der Waals surface area contributed by atoms with Crippen LogP contribution in [0.2, 0.25) is 0 Å². The lowest BCUT2D eigenvalue weighted by Gasteiger charge is -2.34. The number of hydrogen-bond donors (Lipinski definition) is 2. The molecule has 168 valence electrons. The molecule has 0 radical (unpaired) electrons. The van der Waals surface area contributed by atoms with E-state index in [1.807, 2.05) is 18.2 Å². The van der Waals surface area contributed by atoms with Crippen LogP contribution in [-0.2, 0) is 6.42 Å². The summed E-state index contributed by atoms with van der Waals surface area (Å²) in [5, 5.41) is 16.2. The highest BCUT2D eigenvalue weighted by atomic mass is 35.5. The van der Waals surface area contributed by atoms with Gasteiger partial charge < -0.3 is 15.5 Å². The summed E-state index contributed by atoms with van der Waals surface area (Å²) in [6, 6.07) is 12.3. The molecule has 2 N–H and O–H groups in total. The average molecular weight is 463 g/mol. The Hall–Kier alpha value is -2.07. The molecule has 2 heterocycles. The molecule has 1 aliphatic carbocycles. The molecule has 1 aromatic heterocycles. The monoisotopic (exact) mass is 462 g/mol. The van der Waals surface area contributed by atoms with Gasteiger partial charge in [0.25, 0.3) is 0 Å². The first-order chi connectivity index (χ1) is 14.2. The van der Waals surface area contributed by atoms with Gasteiger partial charge in [0, 0.05) is 36.6 Å². The third-order valence-electron chi connectivity index (χ3n) is 5.66. The maximum Gasteiger partial charge on any atom is 0.229 e. The van der Waals surface area contributed by atoms with Crippen LogP contribution < -0.4 is 15.5 Å². The van der Waals surface area contributed by atoms with Crippen molar-refractivity contribution in [2.45, 2.75) is 51.5 Å². The second-order valence-corrected chi connectivity index (χ2v) is 8.25. The number of piperidine rings is 1. The minimum Gasteiger partial charge on any atom is -0.355 e. The summed E-state index contributed by atoms with van der Waals surface area (Å²) in [5.41, 5.74) is 2.52. The summed E-state index contributed by atoms with van der Waals surface area (Å²) >= 11 is 0. The quantitative estimate of drug-likeness (QED) is 0.583. The molecule has 2 aromatic rings. The van der Waals surface area contributed by atoms with Crippen molar-refractivity contribution in [2.75, 3.05) is 29.9 Å². The molecule has 1 aliphatic heterocycles. The molecule has 1 atom stereocenters. The number of benzene rings is 1. The second-order valence-electron chi connectivity index (χ2n) is 8.25. The maximum absolute atomic E-state index is 9.14. The van der Waals surface area contributed by atoms with Crippen LogP contribution in [-0.4, -0.2) is 35.6 Å². The summed E-state index contributed by atoms with van der Waals surface area (Å²) in [7, 11) is 0. The minimum atomic E-state index is 0. The predicted molar refractivity (Wildman–Crippen MR) is 131 cm³/mol. The molecule has 8 heteroatoms. The van der Waals surface area contributed by atoms with Crippen LogP contribution in [0.5, 0.6) is 0 Å². The standard InChI is InChI=1S/C23H30N6.2ClH/c1-2-5-19-13-22(29-11-4-8-21(16-29)25-15-17-9-10-17)28-23(26-19)27-20-7-3-6-18(12-20)14-24;;/h3,6-7,12-13,17,21,25H,2,4-5,8-11,15-16H2,1H3,(H,26,27,28);2*1H/t21-;;/m1../s1. The zero-order valence-electron chi connectivity index (χ0n) is 18.0. The molecule has 6 nitrogen and oxygen atoms in total. The molecule has 1 aromatic carbocycles. The number of rotatable bonds is 8. The second kappa shape index (κ2) is 12.1. The van der Waals surface area contributed by atoms with Crippen LogP contribution in [0.25, 0.3) is 0 Å². The van der Waals surface area contributed by atoms with E-state index in [0.29, 0.717) is 17.6 Å². The fraction of sp³-hybridized carbons (Fsp3) is 0.522. The Labute approximate surface area is 197 Å². The first-order valence-electron chi connectivity index (χ1n) is 10.9. The summed E-state index contributed by atoms with van der Waals surface area (Å²) in [6.45, 7) is 5.36. The van der Waals surface area contributed by atoms with Gasteiger partial charge in [-0.25, -0.2) is 4.98 Å². The summed E-state index contributed by atoms with van der Waals surface area (Å²) < 4.78 is 0. The Morgan fingerprint density at radius 3 is 2.74 bits per heavy atom. The van der Waals surface area contributed by atoms with Crippen LogP contribution in [0.1, 0.15) is 50.3 Å². The van der Waals surface area contributed by atoms with Crippen LogP contribution in [0.15, 0.2) is 30.3 Å². The molecule has 4 rings (SSSR count). The zero-order valence-corrected chi connectivity index (χ0v) is 19.6. The van der Waals surface area contributed by atoms with Crippen LogP contribution >= 0.6 is 24.8 Å². The van der Waals surface area contributed by atoms with Crippen LogP contribution in [0.4, 0.5) is 17.5 Å². The normalized spacial score (nSPS) is 17.8. The number of nitriles is 1. The van der Waals surface area contributed by atoms with Gasteiger partial charge >= 0.3 is 0 Å². The Morgan fingerprint density at radius 2 is 2.00 bits per heavy atom. The van der Waals surface area contributed by atoms with Gasteiger partial charge in [-0.1, -0.05) is 19.4 Å². The Kier molecular flexibility index (Phi) is 9.83. The van der Waals surface area contributed by atoms with Gasteiger partial charge in [-0.2, -0.15) is 10.2 Å². The van der Waals surface area contributed by atoms with Crippen molar-refractivity contribution >= 4 is 42.3 Å². The van der Waals surface area contributed by atoms with Crippen molar-refractivity contribution in [2.24, 2.45) is 5.92 Å². The highest BCUT2D eigenvalue weighted by Gasteiger charge is 2.25. The van der Waals surface area contributed by atoms with Gasteiger partial charge in [0.1, 0.15) is 5.82 Å². The molecule has 0 bridgehead atoms. The number of halogens is 2. The first kappa shape index (κ1) is 25.2. The largest absolute Gasteiger partial charge is 0.355 e. The molecule has 31 heavy (non-hydrogen) atoms. The zero-order chi connectivity index (χ0) is 20.1. The van der Waals surface area contributed by atoms with Gasteiger partial charge in [-0.3, -0.25) is 0 Å². The number of nitrogens with zero attached hydrogens (tertiary/aromatic N) is 4. The third-order valence-corrected chi connectivity index (χ3v) is 5.66. The topological polar surface area (TPSA) is 76.9 Å². The van der Waals surface area contributed by atoms with E-state index in [1.165, 1.54) is 25.7 Å². The van der Waals surface area contributed by atoms with Crippen molar-refractivity contribution in [1.82, 2.24) is 15.3 Å². The summed E-state index contributed by atoms with van der Waals surface area (Å²) in [4.78, 5) is 11.9. The molecule has 0 spiro atoms. The van der Waals surface area contributed by atoms with E-state index in [2.05, 4.69) is 34.6 Å². The van der Waals surface area contributed by atoms with Crippen LogP contribution in [0.3, 0.4) is 0 Å². The molecule has 0 amide bonds. The van der Waals surface area contributed by atoms with E-state index >= 15 is 0 Å². The maximum atomic E-state index is 9.14. The Bertz CT molecular complexity index is 881. The highest BCUT2D eigenvalue weighted by Crippen LogP contribution is 2.28. The number of anilines is 3. The van der Waals surface area contributed by atoms with Crippen molar-refractivity contribution in [3.8, 4) is 6.07 Å². The predicted octanol–water partition coefficient (Wildman–Crippen LogP) is 4.86. The molecular formula is C23H32Cl2N6. The lowest BCUT2D eigenvalue weighted by molar-refractivity contribution is 0.414. The molecule has 1 saturated heterocycles. The van der Waals surface area contributed by atoms with Crippen molar-refractivity contribution in [3.05, 3.63) is 41.6 Å². The third kappa shape index (κ3) is 7.24. The van der Waals surface area contributed by atoms with Gasteiger partial charge in [-0.05, 0) is 62.8 Å². The van der Waals surface area contributed by atoms with Crippen molar-refractivity contribution < 1.29 is 0 Å². The van der Waals surface area contributed by atoms with Crippen molar-refractivity contribution in [3.63, 3.8) is 0 Å². The molecule has 0 unspecified atom stereocenters. The minimum absolute atomic E-state index is 0. The van der Waals surface area contributed by atoms with Gasteiger partial charge in [-0.15, -0.1) is 24.8 Å². The Balaban J connectivity index is 0.00000171. The molecule has 1 saturated carbocycles. The van der Waals surface area contributed by atoms with E-state index in [9.17, 15) is 0 Å². The number of aromatic nitrogens is 2. The van der Waals surface area contributed by atoms with Crippen LogP contribution in [0, 0.1) is 17.2 Å². The average Bonchev–Trinajstić information content (AvgIpc) is 3.57. The lowest BCUT2D eigenvalue weighted by Crippen LogP contribution is -2.46. The van der Waals surface area contributed by atoms with Gasteiger partial charge in [0.15, 0.2) is 0 Å². The fourth-order valence-corrected chi connectivity index (χ4v) is 3.89. The van der Waals surface area contributed by atoms with E-state index in [1.54, 1.807) is 6.07 Å². The smallest absolute Gasteiger partial charge is 0.229 e. The molecule has 2 aliphatic rings. The first-order valence-corrected chi connectivity index (χ1v) is 10.9. The summed E-state index contributed by atoms with van der Waals surface area (Å²) in [5.74, 6) is 2.51. The number of hydrogen-bond acceptors (Lipinski definition) is 6. The molecular weight excluding hydrogens is 431 g/mol. The van der Waals surface area contributed by atoms with E-state index in [0.717, 1.165) is 55.6 Å². The van der Waals surface area contributed by atoms with Gasteiger partial charge in [0.2, 0.25) is 5.95 Å². The van der Waals surface area contributed by atoms with Crippen molar-refractivity contribution in [1.29, 1.82) is 5.26 Å². The lowest BCUT2D eigenvalue weighted by atomic mass is 10.1.